The summed E-state index contributed by atoms with van der Waals surface area (Å²) < 4.78 is 49.3. The van der Waals surface area contributed by atoms with Crippen LogP contribution in [0.2, 0.25) is 0 Å². The van der Waals surface area contributed by atoms with E-state index >= 15 is 0 Å². The third kappa shape index (κ3) is 6.33. The number of piperidine rings is 1. The average Bonchev–Trinajstić information content (AvgIpc) is 3.35. The fourth-order valence-corrected chi connectivity index (χ4v) is 4.51. The van der Waals surface area contributed by atoms with E-state index in [1.54, 1.807) is 23.3 Å². The summed E-state index contributed by atoms with van der Waals surface area (Å²) in [5, 5.41) is 3.47. The van der Waals surface area contributed by atoms with Crippen molar-refractivity contribution in [3.05, 3.63) is 78.4 Å². The number of halogens is 3. The van der Waals surface area contributed by atoms with E-state index in [0.29, 0.717) is 17.9 Å². The van der Waals surface area contributed by atoms with E-state index < -0.39 is 6.36 Å². The molecular formula is C25H27F3N4O3. The molecule has 0 saturated carbocycles. The molecule has 0 aliphatic carbocycles. The average molecular weight is 489 g/mol. The molecule has 1 fully saturated rings. The van der Waals surface area contributed by atoms with Crippen molar-refractivity contribution in [2.45, 2.75) is 44.4 Å². The number of benzene rings is 2. The van der Waals surface area contributed by atoms with Crippen LogP contribution < -0.4 is 14.8 Å². The van der Waals surface area contributed by atoms with E-state index in [-0.39, 0.29) is 36.8 Å². The summed E-state index contributed by atoms with van der Waals surface area (Å²) in [5.41, 5.74) is 1.52. The van der Waals surface area contributed by atoms with Crippen LogP contribution in [0, 0.1) is 0 Å². The van der Waals surface area contributed by atoms with Crippen LogP contribution in [0.3, 0.4) is 0 Å². The monoisotopic (exact) mass is 488 g/mol. The molecule has 2 atom stereocenters. The normalized spacial score (nSPS) is 18.3. The number of rotatable bonds is 8. The minimum absolute atomic E-state index is 0.0264. The summed E-state index contributed by atoms with van der Waals surface area (Å²) in [5.74, 6) is 0.115. The molecule has 0 bridgehead atoms. The molecule has 0 spiro atoms. The van der Waals surface area contributed by atoms with E-state index in [4.69, 9.17) is 4.74 Å². The first-order chi connectivity index (χ1) is 16.8. The summed E-state index contributed by atoms with van der Waals surface area (Å²) in [6, 6.07) is 13.4. The van der Waals surface area contributed by atoms with Gasteiger partial charge in [0, 0.05) is 37.1 Å². The lowest BCUT2D eigenvalue weighted by molar-refractivity contribution is -0.274. The topological polar surface area (TPSA) is 68.6 Å². The number of ether oxygens (including phenoxy) is 2. The van der Waals surface area contributed by atoms with Crippen LogP contribution in [-0.2, 0) is 17.9 Å². The van der Waals surface area contributed by atoms with Crippen LogP contribution in [0.4, 0.5) is 13.2 Å². The molecule has 10 heteroatoms. The standard InChI is InChI=1S/C25H27F3N4O3/c1-34-22-10-9-20(35-25(26,27)28)14-19(22)15-30-21-8-5-12-32(23(33)16-31-13-11-29-17-31)24(21)18-6-3-2-4-7-18/h2-4,6-7,9-11,13-14,17,21,24,30H,5,8,12,15-16H2,1H3. The lowest BCUT2D eigenvalue weighted by Gasteiger charge is -2.42. The predicted octanol–water partition coefficient (Wildman–Crippen LogP) is 4.31. The highest BCUT2D eigenvalue weighted by Crippen LogP contribution is 2.33. The zero-order valence-corrected chi connectivity index (χ0v) is 19.2. The number of aromatic nitrogens is 2. The van der Waals surface area contributed by atoms with E-state index in [2.05, 4.69) is 15.0 Å². The van der Waals surface area contributed by atoms with Crippen LogP contribution >= 0.6 is 0 Å². The van der Waals surface area contributed by atoms with Gasteiger partial charge in [-0.1, -0.05) is 30.3 Å². The van der Waals surface area contributed by atoms with Gasteiger partial charge in [0.25, 0.3) is 0 Å². The largest absolute Gasteiger partial charge is 0.573 e. The third-order valence-electron chi connectivity index (χ3n) is 6.01. The molecule has 2 aromatic carbocycles. The van der Waals surface area contributed by atoms with Gasteiger partial charge in [-0.25, -0.2) is 4.98 Å². The van der Waals surface area contributed by atoms with Crippen molar-refractivity contribution in [2.24, 2.45) is 0 Å². The van der Waals surface area contributed by atoms with Gasteiger partial charge in [0.05, 0.1) is 19.5 Å². The van der Waals surface area contributed by atoms with Crippen molar-refractivity contribution in [1.82, 2.24) is 19.8 Å². The molecule has 0 radical (unpaired) electrons. The van der Waals surface area contributed by atoms with E-state index in [1.807, 2.05) is 35.2 Å². The number of nitrogens with zero attached hydrogens (tertiary/aromatic N) is 3. The van der Waals surface area contributed by atoms with Gasteiger partial charge in [-0.3, -0.25) is 4.79 Å². The highest BCUT2D eigenvalue weighted by Gasteiger charge is 2.35. The fourth-order valence-electron chi connectivity index (χ4n) is 4.51. The summed E-state index contributed by atoms with van der Waals surface area (Å²) in [6.45, 7) is 1.04. The van der Waals surface area contributed by atoms with E-state index in [1.165, 1.54) is 25.3 Å². The maximum Gasteiger partial charge on any atom is 0.573 e. The number of hydrogen-bond donors (Lipinski definition) is 1. The number of carbonyl (C=O) groups is 1. The van der Waals surface area contributed by atoms with Crippen molar-refractivity contribution in [1.29, 1.82) is 0 Å². The number of methoxy groups -OCH3 is 1. The lowest BCUT2D eigenvalue weighted by atomic mass is 9.90. The van der Waals surface area contributed by atoms with Gasteiger partial charge in [-0.05, 0) is 36.6 Å². The van der Waals surface area contributed by atoms with Crippen molar-refractivity contribution < 1.29 is 27.4 Å². The van der Waals surface area contributed by atoms with Gasteiger partial charge < -0.3 is 24.3 Å². The molecule has 1 aliphatic heterocycles. The first-order valence-corrected chi connectivity index (χ1v) is 11.3. The maximum atomic E-state index is 13.3. The molecule has 1 aromatic heterocycles. The first kappa shape index (κ1) is 24.6. The van der Waals surface area contributed by atoms with Gasteiger partial charge in [0.2, 0.25) is 5.91 Å². The lowest BCUT2D eigenvalue weighted by Crippen LogP contribution is -2.51. The summed E-state index contributed by atoms with van der Waals surface area (Å²) >= 11 is 0. The number of likely N-dealkylation sites (tertiary alicyclic amines) is 1. The molecule has 4 rings (SSSR count). The second kappa shape index (κ2) is 10.8. The van der Waals surface area contributed by atoms with Gasteiger partial charge in [0.15, 0.2) is 0 Å². The molecule has 35 heavy (non-hydrogen) atoms. The van der Waals surface area contributed by atoms with Crippen molar-refractivity contribution >= 4 is 5.91 Å². The number of nitrogens with one attached hydrogen (secondary N) is 1. The molecule has 1 aliphatic rings. The molecule has 1 amide bonds. The quantitative estimate of drug-likeness (QED) is 0.512. The molecule has 2 unspecified atom stereocenters. The van der Waals surface area contributed by atoms with Crippen molar-refractivity contribution in [2.75, 3.05) is 13.7 Å². The second-order valence-corrected chi connectivity index (χ2v) is 8.33. The number of carbonyl (C=O) groups excluding carboxylic acids is 1. The number of hydrogen-bond acceptors (Lipinski definition) is 5. The fraction of sp³-hybridized carbons (Fsp3) is 0.360. The number of amides is 1. The zero-order valence-electron chi connectivity index (χ0n) is 19.2. The Morgan fingerprint density at radius 2 is 2.00 bits per heavy atom. The Kier molecular flexibility index (Phi) is 7.60. The Morgan fingerprint density at radius 1 is 1.20 bits per heavy atom. The van der Waals surface area contributed by atoms with Gasteiger partial charge in [-0.2, -0.15) is 0 Å². The minimum Gasteiger partial charge on any atom is -0.496 e. The third-order valence-corrected chi connectivity index (χ3v) is 6.01. The summed E-state index contributed by atoms with van der Waals surface area (Å²) in [4.78, 5) is 19.1. The number of alkyl halides is 3. The van der Waals surface area contributed by atoms with Crippen LogP contribution in [-0.4, -0.2) is 46.4 Å². The van der Waals surface area contributed by atoms with Crippen molar-refractivity contribution in [3.8, 4) is 11.5 Å². The zero-order chi connectivity index (χ0) is 24.8. The predicted molar refractivity (Wildman–Crippen MR) is 123 cm³/mol. The Labute approximate surface area is 201 Å². The van der Waals surface area contributed by atoms with E-state index in [0.717, 1.165) is 18.4 Å². The molecule has 3 aromatic rings. The number of imidazole rings is 1. The molecule has 1 N–H and O–H groups in total. The molecule has 7 nitrogen and oxygen atoms in total. The Bertz CT molecular complexity index is 1110. The highest BCUT2D eigenvalue weighted by atomic mass is 19.4. The van der Waals surface area contributed by atoms with Gasteiger partial charge in [0.1, 0.15) is 18.0 Å². The van der Waals surface area contributed by atoms with Gasteiger partial charge >= 0.3 is 6.36 Å². The summed E-state index contributed by atoms with van der Waals surface area (Å²) in [7, 11) is 1.47. The van der Waals surface area contributed by atoms with Crippen LogP contribution in [0.25, 0.3) is 0 Å². The smallest absolute Gasteiger partial charge is 0.496 e. The highest BCUT2D eigenvalue weighted by molar-refractivity contribution is 5.76. The second-order valence-electron chi connectivity index (χ2n) is 8.33. The van der Waals surface area contributed by atoms with Crippen LogP contribution in [0.5, 0.6) is 11.5 Å². The minimum atomic E-state index is -4.78. The van der Waals surface area contributed by atoms with Crippen LogP contribution in [0.1, 0.15) is 30.0 Å². The Morgan fingerprint density at radius 3 is 2.69 bits per heavy atom. The molecule has 186 valence electrons. The Balaban J connectivity index is 1.56. The summed E-state index contributed by atoms with van der Waals surface area (Å²) in [6.07, 6.45) is 1.80. The first-order valence-electron chi connectivity index (χ1n) is 11.3. The molecule has 2 heterocycles. The van der Waals surface area contributed by atoms with Crippen LogP contribution in [0.15, 0.2) is 67.3 Å². The van der Waals surface area contributed by atoms with E-state index in [9.17, 15) is 18.0 Å². The maximum absolute atomic E-state index is 13.3. The Hall–Kier alpha value is -3.53. The molecule has 1 saturated heterocycles. The SMILES string of the molecule is COc1ccc(OC(F)(F)F)cc1CNC1CCCN(C(=O)Cn2ccnc2)C1c1ccccc1. The van der Waals surface area contributed by atoms with Gasteiger partial charge in [-0.15, -0.1) is 13.2 Å². The van der Waals surface area contributed by atoms with Crippen molar-refractivity contribution in [3.63, 3.8) is 0 Å². The molecular weight excluding hydrogens is 461 g/mol.